The summed E-state index contributed by atoms with van der Waals surface area (Å²) in [7, 11) is 1.47. The normalized spacial score (nSPS) is 16.7. The second kappa shape index (κ2) is 6.94. The molecular weight excluding hydrogens is 326 g/mol. The zero-order valence-electron chi connectivity index (χ0n) is 13.7. The molecule has 3 N–H and O–H groups in total. The van der Waals surface area contributed by atoms with Crippen LogP contribution in [0.15, 0.2) is 30.0 Å². The molecule has 1 aromatic rings. The number of hydrogen-bond donors (Lipinski definition) is 3. The Labute approximate surface area is 144 Å². The van der Waals surface area contributed by atoms with Gasteiger partial charge in [-0.1, -0.05) is 0 Å². The van der Waals surface area contributed by atoms with Gasteiger partial charge in [0, 0.05) is 17.7 Å². The van der Waals surface area contributed by atoms with Crippen molar-refractivity contribution in [2.45, 2.75) is 18.9 Å². The predicted molar refractivity (Wildman–Crippen MR) is 89.0 cm³/mol. The molecule has 1 heterocycles. The molecule has 0 radical (unpaired) electrons. The molecule has 8 nitrogen and oxygen atoms in total. The highest BCUT2D eigenvalue weighted by atomic mass is 16.5. The van der Waals surface area contributed by atoms with E-state index in [-0.39, 0.29) is 30.8 Å². The zero-order valence-corrected chi connectivity index (χ0v) is 13.7. The van der Waals surface area contributed by atoms with Crippen LogP contribution in [0.4, 0.5) is 5.69 Å². The van der Waals surface area contributed by atoms with E-state index < -0.39 is 11.8 Å². The topological polar surface area (TPSA) is 108 Å². The average Bonchev–Trinajstić information content (AvgIpc) is 3.37. The van der Waals surface area contributed by atoms with E-state index >= 15 is 0 Å². The molecule has 1 aromatic carbocycles. The number of imide groups is 1. The van der Waals surface area contributed by atoms with Crippen molar-refractivity contribution in [3.63, 3.8) is 0 Å². The summed E-state index contributed by atoms with van der Waals surface area (Å²) in [4.78, 5) is 37.2. The number of ether oxygens (including phenoxy) is 1. The van der Waals surface area contributed by atoms with Gasteiger partial charge in [0.1, 0.15) is 11.4 Å². The maximum absolute atomic E-state index is 12.2. The largest absolute Gasteiger partial charge is 0.495 e. The van der Waals surface area contributed by atoms with E-state index in [1.54, 1.807) is 18.2 Å². The average molecular weight is 345 g/mol. The summed E-state index contributed by atoms with van der Waals surface area (Å²) >= 11 is 0. The van der Waals surface area contributed by atoms with Gasteiger partial charge in [0.2, 0.25) is 0 Å². The molecule has 2 aliphatic rings. The Balaban J connectivity index is 1.81. The summed E-state index contributed by atoms with van der Waals surface area (Å²) in [6, 6.07) is 5.06. The van der Waals surface area contributed by atoms with Crippen molar-refractivity contribution in [1.29, 1.82) is 0 Å². The molecule has 1 fully saturated rings. The second-order valence-electron chi connectivity index (χ2n) is 5.86. The first-order valence-electron chi connectivity index (χ1n) is 7.97. The molecule has 25 heavy (non-hydrogen) atoms. The first-order valence-corrected chi connectivity index (χ1v) is 7.97. The number of hydrogen-bond acceptors (Lipinski definition) is 6. The fourth-order valence-corrected chi connectivity index (χ4v) is 2.50. The van der Waals surface area contributed by atoms with E-state index in [0.29, 0.717) is 17.0 Å². The van der Waals surface area contributed by atoms with Gasteiger partial charge < -0.3 is 20.5 Å². The van der Waals surface area contributed by atoms with Crippen LogP contribution < -0.4 is 15.4 Å². The van der Waals surface area contributed by atoms with Crippen LogP contribution in [-0.4, -0.2) is 54.0 Å². The molecule has 3 rings (SSSR count). The number of nitrogens with zero attached hydrogens (tertiary/aromatic N) is 1. The lowest BCUT2D eigenvalue weighted by Gasteiger charge is -2.15. The Morgan fingerprint density at radius 1 is 1.36 bits per heavy atom. The summed E-state index contributed by atoms with van der Waals surface area (Å²) in [6.07, 6.45) is 3.13. The standard InChI is InChI=1S/C17H19N3O5/c1-25-14-5-2-10(16(23)18-11-3-4-11)8-12(14)19-13-9-15(22)20(6-7-21)17(13)24/h2,5,8-9,11,19,21H,3-4,6-7H2,1H3,(H,18,23). The molecule has 0 saturated heterocycles. The highest BCUT2D eigenvalue weighted by Gasteiger charge is 2.31. The summed E-state index contributed by atoms with van der Waals surface area (Å²) in [5, 5.41) is 14.7. The van der Waals surface area contributed by atoms with Crippen LogP contribution >= 0.6 is 0 Å². The van der Waals surface area contributed by atoms with Crippen LogP contribution in [0.25, 0.3) is 0 Å². The van der Waals surface area contributed by atoms with Crippen LogP contribution in [0.5, 0.6) is 5.75 Å². The van der Waals surface area contributed by atoms with Crippen molar-refractivity contribution in [2.75, 3.05) is 25.6 Å². The third-order valence-corrected chi connectivity index (χ3v) is 3.98. The predicted octanol–water partition coefficient (Wildman–Crippen LogP) is 0.244. The van der Waals surface area contributed by atoms with E-state index in [0.717, 1.165) is 23.8 Å². The maximum Gasteiger partial charge on any atom is 0.277 e. The minimum absolute atomic E-state index is 0.0662. The number of nitrogens with one attached hydrogen (secondary N) is 2. The van der Waals surface area contributed by atoms with Gasteiger partial charge in [0.05, 0.1) is 25.9 Å². The monoisotopic (exact) mass is 345 g/mol. The number of carbonyl (C=O) groups excluding carboxylic acids is 3. The molecule has 0 spiro atoms. The fraction of sp³-hybridized carbons (Fsp3) is 0.353. The van der Waals surface area contributed by atoms with E-state index in [1.165, 1.54) is 7.11 Å². The molecule has 3 amide bonds. The van der Waals surface area contributed by atoms with Gasteiger partial charge in [-0.15, -0.1) is 0 Å². The number of aliphatic hydroxyl groups is 1. The van der Waals surface area contributed by atoms with Gasteiger partial charge in [-0.2, -0.15) is 0 Å². The van der Waals surface area contributed by atoms with Gasteiger partial charge in [-0.25, -0.2) is 0 Å². The molecule has 1 aliphatic heterocycles. The number of amides is 3. The fourth-order valence-electron chi connectivity index (χ4n) is 2.50. The molecule has 8 heteroatoms. The first-order chi connectivity index (χ1) is 12.0. The molecular formula is C17H19N3O5. The summed E-state index contributed by atoms with van der Waals surface area (Å²) in [6.45, 7) is -0.376. The van der Waals surface area contributed by atoms with Crippen LogP contribution in [0.1, 0.15) is 23.2 Å². The van der Waals surface area contributed by atoms with Gasteiger partial charge in [0.25, 0.3) is 17.7 Å². The van der Waals surface area contributed by atoms with E-state index in [4.69, 9.17) is 9.84 Å². The van der Waals surface area contributed by atoms with Crippen molar-refractivity contribution < 1.29 is 24.2 Å². The van der Waals surface area contributed by atoms with Crippen molar-refractivity contribution >= 4 is 23.4 Å². The highest BCUT2D eigenvalue weighted by Crippen LogP contribution is 2.29. The Bertz CT molecular complexity index is 755. The van der Waals surface area contributed by atoms with E-state index in [2.05, 4.69) is 10.6 Å². The number of methoxy groups -OCH3 is 1. The molecule has 0 unspecified atom stereocenters. The minimum Gasteiger partial charge on any atom is -0.495 e. The number of anilines is 1. The van der Waals surface area contributed by atoms with Crippen molar-refractivity contribution in [1.82, 2.24) is 10.2 Å². The second-order valence-corrected chi connectivity index (χ2v) is 5.86. The number of β-amino-alcohol motifs (C(OH)–C–C–N with tert-alkyl or cyclic N) is 1. The van der Waals surface area contributed by atoms with Crippen LogP contribution in [-0.2, 0) is 9.59 Å². The quantitative estimate of drug-likeness (QED) is 0.611. The smallest absolute Gasteiger partial charge is 0.277 e. The number of aliphatic hydroxyl groups excluding tert-OH is 1. The summed E-state index contributed by atoms with van der Waals surface area (Å²) < 4.78 is 5.25. The lowest BCUT2D eigenvalue weighted by Crippen LogP contribution is -2.34. The first kappa shape index (κ1) is 17.0. The third kappa shape index (κ3) is 3.63. The molecule has 0 aromatic heterocycles. The minimum atomic E-state index is -0.533. The summed E-state index contributed by atoms with van der Waals surface area (Å²) in [5.41, 5.74) is 0.903. The van der Waals surface area contributed by atoms with E-state index in [1.807, 2.05) is 0 Å². The SMILES string of the molecule is COc1ccc(C(=O)NC2CC2)cc1NC1=CC(=O)N(CCO)C1=O. The Kier molecular flexibility index (Phi) is 4.71. The molecule has 0 bridgehead atoms. The number of rotatable bonds is 7. The lowest BCUT2D eigenvalue weighted by molar-refractivity contribution is -0.137. The Morgan fingerprint density at radius 2 is 2.12 bits per heavy atom. The third-order valence-electron chi connectivity index (χ3n) is 3.98. The van der Waals surface area contributed by atoms with Gasteiger partial charge in [-0.3, -0.25) is 19.3 Å². The summed E-state index contributed by atoms with van der Waals surface area (Å²) in [5.74, 6) is -0.792. The maximum atomic E-state index is 12.2. The zero-order chi connectivity index (χ0) is 18.0. The van der Waals surface area contributed by atoms with E-state index in [9.17, 15) is 14.4 Å². The number of benzene rings is 1. The molecule has 1 saturated carbocycles. The Hall–Kier alpha value is -2.87. The number of carbonyl (C=O) groups is 3. The van der Waals surface area contributed by atoms with Crippen molar-refractivity contribution in [3.8, 4) is 5.75 Å². The van der Waals surface area contributed by atoms with Gasteiger partial charge in [-0.05, 0) is 31.0 Å². The van der Waals surface area contributed by atoms with Crippen LogP contribution in [0.2, 0.25) is 0 Å². The van der Waals surface area contributed by atoms with Gasteiger partial charge >= 0.3 is 0 Å². The molecule has 1 aliphatic carbocycles. The van der Waals surface area contributed by atoms with Gasteiger partial charge in [0.15, 0.2) is 0 Å². The lowest BCUT2D eigenvalue weighted by atomic mass is 10.1. The highest BCUT2D eigenvalue weighted by molar-refractivity contribution is 6.17. The molecule has 132 valence electrons. The van der Waals surface area contributed by atoms with Crippen molar-refractivity contribution in [3.05, 3.63) is 35.5 Å². The van der Waals surface area contributed by atoms with Crippen LogP contribution in [0, 0.1) is 0 Å². The van der Waals surface area contributed by atoms with Crippen LogP contribution in [0.3, 0.4) is 0 Å². The van der Waals surface area contributed by atoms with Crippen molar-refractivity contribution in [2.24, 2.45) is 0 Å². The molecule has 0 atom stereocenters. The Morgan fingerprint density at radius 3 is 2.76 bits per heavy atom.